The minimum atomic E-state index is 0.0326. The fraction of sp³-hybridized carbons (Fsp3) is 0.350. The molecule has 24 heavy (non-hydrogen) atoms. The van der Waals surface area contributed by atoms with Crippen LogP contribution in [0, 0.1) is 5.41 Å². The number of nitrogens with zero attached hydrogens (tertiary/aromatic N) is 2. The van der Waals surface area contributed by atoms with Crippen molar-refractivity contribution in [3.63, 3.8) is 0 Å². The van der Waals surface area contributed by atoms with E-state index in [1.165, 1.54) is 11.1 Å². The highest BCUT2D eigenvalue weighted by atomic mass is 16.3. The summed E-state index contributed by atoms with van der Waals surface area (Å²) in [7, 11) is 0. The van der Waals surface area contributed by atoms with Gasteiger partial charge in [-0.2, -0.15) is 0 Å². The number of fused-ring (bicyclic) bond motifs is 1. The molecule has 0 aliphatic rings. The Morgan fingerprint density at radius 3 is 2.04 bits per heavy atom. The molecule has 4 nitrogen and oxygen atoms in total. The van der Waals surface area contributed by atoms with Crippen LogP contribution in [-0.4, -0.2) is 20.8 Å². The van der Waals surface area contributed by atoms with Crippen LogP contribution in [0.4, 0.5) is 0 Å². The third-order valence-electron chi connectivity index (χ3n) is 4.46. The summed E-state index contributed by atoms with van der Waals surface area (Å²) in [4.78, 5) is 0. The second-order valence-corrected chi connectivity index (χ2v) is 7.22. The van der Waals surface area contributed by atoms with E-state index in [2.05, 4.69) is 45.0 Å². The Hall–Kier alpha value is -2.33. The van der Waals surface area contributed by atoms with Crippen molar-refractivity contribution in [3.05, 3.63) is 65.3 Å². The highest BCUT2D eigenvalue weighted by Crippen LogP contribution is 2.22. The van der Waals surface area contributed by atoms with E-state index in [1.807, 2.05) is 33.4 Å². The van der Waals surface area contributed by atoms with Gasteiger partial charge in [0.05, 0.1) is 24.2 Å². The van der Waals surface area contributed by atoms with Gasteiger partial charge >= 0.3 is 0 Å². The molecular formula is C20H25N3O. The maximum atomic E-state index is 9.30. The van der Waals surface area contributed by atoms with E-state index >= 15 is 0 Å². The average Bonchev–Trinajstić information content (AvgIpc) is 2.81. The standard InChI is InChI=1S/C20H25N3O/c1-20(2,3)16-10-8-15(9-11-16)14-23-18-7-5-4-6-17(18)22(12-13-24)19(23)21/h4-11,21,24H,12-14H2,1-3H3. The smallest absolute Gasteiger partial charge is 0.203 e. The van der Waals surface area contributed by atoms with Crippen molar-refractivity contribution in [2.75, 3.05) is 6.61 Å². The van der Waals surface area contributed by atoms with Crippen LogP contribution in [-0.2, 0) is 18.5 Å². The van der Waals surface area contributed by atoms with E-state index in [-0.39, 0.29) is 12.0 Å². The summed E-state index contributed by atoms with van der Waals surface area (Å²) >= 11 is 0. The number of aliphatic hydroxyl groups is 1. The molecule has 3 aromatic rings. The SMILES string of the molecule is CC(C)(C)c1ccc(Cn2c(=N)n(CCO)c3ccccc32)cc1. The van der Waals surface area contributed by atoms with E-state index in [0.29, 0.717) is 18.7 Å². The molecule has 0 unspecified atom stereocenters. The van der Waals surface area contributed by atoms with Crippen LogP contribution in [0.2, 0.25) is 0 Å². The van der Waals surface area contributed by atoms with E-state index in [1.54, 1.807) is 0 Å². The predicted molar refractivity (Wildman–Crippen MR) is 97.1 cm³/mol. The molecule has 0 amide bonds. The number of rotatable bonds is 4. The van der Waals surface area contributed by atoms with Gasteiger partial charge in [-0.25, -0.2) is 0 Å². The first kappa shape index (κ1) is 16.5. The number of aliphatic hydroxyl groups excluding tert-OH is 1. The Kier molecular flexibility index (Phi) is 4.33. The van der Waals surface area contributed by atoms with E-state index < -0.39 is 0 Å². The molecule has 0 atom stereocenters. The van der Waals surface area contributed by atoms with Crippen molar-refractivity contribution in [1.29, 1.82) is 5.41 Å². The molecule has 0 aliphatic heterocycles. The lowest BCUT2D eigenvalue weighted by Crippen LogP contribution is -2.26. The molecule has 0 saturated heterocycles. The maximum Gasteiger partial charge on any atom is 0.203 e. The van der Waals surface area contributed by atoms with Gasteiger partial charge in [-0.15, -0.1) is 0 Å². The summed E-state index contributed by atoms with van der Waals surface area (Å²) < 4.78 is 3.86. The monoisotopic (exact) mass is 323 g/mol. The summed E-state index contributed by atoms with van der Waals surface area (Å²) in [5.41, 5.74) is 5.06. The summed E-state index contributed by atoms with van der Waals surface area (Å²) in [5.74, 6) is 0. The van der Waals surface area contributed by atoms with Crippen molar-refractivity contribution >= 4 is 11.0 Å². The molecule has 2 N–H and O–H groups in total. The topological polar surface area (TPSA) is 53.9 Å². The molecule has 4 heteroatoms. The normalized spacial score (nSPS) is 12.0. The third-order valence-corrected chi connectivity index (χ3v) is 4.46. The zero-order chi connectivity index (χ0) is 17.3. The minimum absolute atomic E-state index is 0.0326. The van der Waals surface area contributed by atoms with Crippen LogP contribution < -0.4 is 5.62 Å². The fourth-order valence-electron chi connectivity index (χ4n) is 3.07. The molecule has 1 aromatic heterocycles. The van der Waals surface area contributed by atoms with Crippen molar-refractivity contribution in [2.24, 2.45) is 0 Å². The number of para-hydroxylation sites is 2. The summed E-state index contributed by atoms with van der Waals surface area (Å²) in [5, 5.41) is 17.8. The molecule has 0 bridgehead atoms. The van der Waals surface area contributed by atoms with Crippen LogP contribution in [0.1, 0.15) is 31.9 Å². The number of imidazole rings is 1. The number of aromatic nitrogens is 2. The Morgan fingerprint density at radius 2 is 1.50 bits per heavy atom. The Morgan fingerprint density at radius 1 is 0.917 bits per heavy atom. The molecular weight excluding hydrogens is 298 g/mol. The quantitative estimate of drug-likeness (QED) is 0.761. The molecule has 0 radical (unpaired) electrons. The van der Waals surface area contributed by atoms with Gasteiger partial charge in [0, 0.05) is 6.54 Å². The van der Waals surface area contributed by atoms with Gasteiger partial charge in [0.15, 0.2) is 0 Å². The van der Waals surface area contributed by atoms with Crippen LogP contribution in [0.5, 0.6) is 0 Å². The van der Waals surface area contributed by atoms with Gasteiger partial charge in [0.2, 0.25) is 5.62 Å². The molecule has 0 saturated carbocycles. The fourth-order valence-corrected chi connectivity index (χ4v) is 3.07. The van der Waals surface area contributed by atoms with Gasteiger partial charge < -0.3 is 14.2 Å². The first-order valence-electron chi connectivity index (χ1n) is 8.35. The Labute approximate surface area is 142 Å². The zero-order valence-corrected chi connectivity index (χ0v) is 14.6. The van der Waals surface area contributed by atoms with Gasteiger partial charge in [0.25, 0.3) is 0 Å². The molecule has 0 spiro atoms. The first-order chi connectivity index (χ1) is 11.4. The number of benzene rings is 2. The molecule has 2 aromatic carbocycles. The summed E-state index contributed by atoms with van der Waals surface area (Å²) in [6.07, 6.45) is 0. The lowest BCUT2D eigenvalue weighted by atomic mass is 9.87. The van der Waals surface area contributed by atoms with E-state index in [9.17, 15) is 5.11 Å². The summed E-state index contributed by atoms with van der Waals surface area (Å²) in [6.45, 7) is 7.76. The van der Waals surface area contributed by atoms with Gasteiger partial charge in [-0.05, 0) is 28.7 Å². The highest BCUT2D eigenvalue weighted by molar-refractivity contribution is 5.76. The van der Waals surface area contributed by atoms with Crippen molar-refractivity contribution in [2.45, 2.75) is 39.3 Å². The Balaban J connectivity index is 2.01. The first-order valence-corrected chi connectivity index (χ1v) is 8.35. The predicted octanol–water partition coefficient (Wildman–Crippen LogP) is 3.26. The molecule has 3 rings (SSSR count). The second-order valence-electron chi connectivity index (χ2n) is 7.22. The van der Waals surface area contributed by atoms with Crippen LogP contribution in [0.15, 0.2) is 48.5 Å². The largest absolute Gasteiger partial charge is 0.395 e. The van der Waals surface area contributed by atoms with Gasteiger partial charge in [-0.3, -0.25) is 5.41 Å². The highest BCUT2D eigenvalue weighted by Gasteiger charge is 2.14. The van der Waals surface area contributed by atoms with Crippen molar-refractivity contribution < 1.29 is 5.11 Å². The minimum Gasteiger partial charge on any atom is -0.395 e. The molecule has 0 fully saturated rings. The lowest BCUT2D eigenvalue weighted by molar-refractivity contribution is 0.274. The molecule has 0 aliphatic carbocycles. The third kappa shape index (κ3) is 3.02. The number of hydrogen-bond donors (Lipinski definition) is 2. The maximum absolute atomic E-state index is 9.30. The lowest BCUT2D eigenvalue weighted by Gasteiger charge is -2.19. The zero-order valence-electron chi connectivity index (χ0n) is 14.6. The number of hydrogen-bond acceptors (Lipinski definition) is 2. The second kappa shape index (κ2) is 6.29. The molecule has 1 heterocycles. The average molecular weight is 323 g/mol. The van der Waals surface area contributed by atoms with Gasteiger partial charge in [-0.1, -0.05) is 57.2 Å². The Bertz CT molecular complexity index is 895. The van der Waals surface area contributed by atoms with Crippen molar-refractivity contribution in [3.8, 4) is 0 Å². The van der Waals surface area contributed by atoms with Gasteiger partial charge in [0.1, 0.15) is 0 Å². The van der Waals surface area contributed by atoms with Crippen molar-refractivity contribution in [1.82, 2.24) is 9.13 Å². The van der Waals surface area contributed by atoms with Crippen LogP contribution in [0.25, 0.3) is 11.0 Å². The number of nitrogens with one attached hydrogen (secondary N) is 1. The van der Waals surface area contributed by atoms with Crippen LogP contribution >= 0.6 is 0 Å². The van der Waals surface area contributed by atoms with E-state index in [0.717, 1.165) is 11.0 Å². The molecule has 126 valence electrons. The van der Waals surface area contributed by atoms with Crippen LogP contribution in [0.3, 0.4) is 0 Å². The summed E-state index contributed by atoms with van der Waals surface area (Å²) in [6, 6.07) is 16.6. The van der Waals surface area contributed by atoms with E-state index in [4.69, 9.17) is 5.41 Å².